The number of aliphatic imine (C=N–C) groups is 1. The molecule has 0 spiro atoms. The summed E-state index contributed by atoms with van der Waals surface area (Å²) < 4.78 is 5.54. The second-order valence-electron chi connectivity index (χ2n) is 3.15. The standard InChI is InChI=1S/C10H14ClN3O.HI/c1-7(6-14-10(12)13)15-9-4-2-3-8(11)5-9;/h2-5,7H,6H2,1H3,(H4,12,13,14);1H. The summed E-state index contributed by atoms with van der Waals surface area (Å²) in [6.07, 6.45) is -0.0921. The van der Waals surface area contributed by atoms with Crippen molar-refractivity contribution < 1.29 is 4.74 Å². The van der Waals surface area contributed by atoms with E-state index in [1.165, 1.54) is 0 Å². The Balaban J connectivity index is 0.00000225. The molecule has 6 heteroatoms. The van der Waals surface area contributed by atoms with Gasteiger partial charge in [0.2, 0.25) is 0 Å². The van der Waals surface area contributed by atoms with Crippen molar-refractivity contribution in [2.45, 2.75) is 13.0 Å². The molecule has 0 amide bonds. The Morgan fingerprint density at radius 3 is 2.75 bits per heavy atom. The molecule has 0 aromatic heterocycles. The Morgan fingerprint density at radius 1 is 1.50 bits per heavy atom. The van der Waals surface area contributed by atoms with E-state index in [4.69, 9.17) is 27.8 Å². The third-order valence-corrected chi connectivity index (χ3v) is 1.90. The minimum Gasteiger partial charge on any atom is -0.489 e. The Bertz CT molecular complexity index is 356. The molecule has 1 aromatic rings. The number of halogens is 2. The maximum atomic E-state index is 5.81. The largest absolute Gasteiger partial charge is 0.489 e. The van der Waals surface area contributed by atoms with E-state index in [0.717, 1.165) is 0 Å². The average molecular weight is 356 g/mol. The Hall–Kier alpha value is -0.690. The number of hydrogen-bond donors (Lipinski definition) is 2. The number of hydrogen-bond acceptors (Lipinski definition) is 2. The zero-order valence-electron chi connectivity index (χ0n) is 8.89. The van der Waals surface area contributed by atoms with Crippen LogP contribution in [0.1, 0.15) is 6.92 Å². The first-order valence-electron chi connectivity index (χ1n) is 4.55. The normalized spacial score (nSPS) is 11.1. The first kappa shape index (κ1) is 15.3. The van der Waals surface area contributed by atoms with Gasteiger partial charge in [-0.05, 0) is 25.1 Å². The maximum Gasteiger partial charge on any atom is 0.186 e. The molecule has 4 nitrogen and oxygen atoms in total. The molecule has 0 aliphatic carbocycles. The molecule has 0 radical (unpaired) electrons. The van der Waals surface area contributed by atoms with Crippen LogP contribution in [0.2, 0.25) is 5.02 Å². The molecule has 0 saturated heterocycles. The van der Waals surface area contributed by atoms with E-state index in [2.05, 4.69) is 4.99 Å². The van der Waals surface area contributed by atoms with Gasteiger partial charge in [-0.3, -0.25) is 0 Å². The van der Waals surface area contributed by atoms with Gasteiger partial charge in [-0.2, -0.15) is 0 Å². The number of nitrogens with two attached hydrogens (primary N) is 2. The zero-order chi connectivity index (χ0) is 11.3. The van der Waals surface area contributed by atoms with Crippen molar-refractivity contribution in [3.63, 3.8) is 0 Å². The van der Waals surface area contributed by atoms with E-state index in [0.29, 0.717) is 17.3 Å². The zero-order valence-corrected chi connectivity index (χ0v) is 12.0. The molecule has 16 heavy (non-hydrogen) atoms. The van der Waals surface area contributed by atoms with Crippen molar-refractivity contribution in [3.8, 4) is 5.75 Å². The molecule has 0 aliphatic rings. The van der Waals surface area contributed by atoms with Crippen LogP contribution in [0, 0.1) is 0 Å². The molecule has 0 fully saturated rings. The second kappa shape index (κ2) is 7.56. The lowest BCUT2D eigenvalue weighted by Crippen LogP contribution is -2.26. The average Bonchev–Trinajstić information content (AvgIpc) is 2.15. The number of guanidine groups is 1. The molecule has 0 heterocycles. The van der Waals surface area contributed by atoms with E-state index in [1.54, 1.807) is 12.1 Å². The summed E-state index contributed by atoms with van der Waals surface area (Å²) in [5, 5.41) is 0.640. The smallest absolute Gasteiger partial charge is 0.186 e. The minimum atomic E-state index is -0.0921. The molecule has 0 bridgehead atoms. The highest BCUT2D eigenvalue weighted by atomic mass is 127. The lowest BCUT2D eigenvalue weighted by Gasteiger charge is -2.12. The van der Waals surface area contributed by atoms with Crippen LogP contribution in [0.25, 0.3) is 0 Å². The number of ether oxygens (including phenoxy) is 1. The van der Waals surface area contributed by atoms with E-state index < -0.39 is 0 Å². The van der Waals surface area contributed by atoms with Crippen LogP contribution in [0.15, 0.2) is 29.3 Å². The molecule has 1 unspecified atom stereocenters. The highest BCUT2D eigenvalue weighted by molar-refractivity contribution is 14.0. The Labute approximate surface area is 117 Å². The van der Waals surface area contributed by atoms with Crippen LogP contribution < -0.4 is 16.2 Å². The summed E-state index contributed by atoms with van der Waals surface area (Å²) in [6, 6.07) is 7.19. The van der Waals surface area contributed by atoms with Crippen LogP contribution in [0.4, 0.5) is 0 Å². The van der Waals surface area contributed by atoms with E-state index >= 15 is 0 Å². The monoisotopic (exact) mass is 355 g/mol. The van der Waals surface area contributed by atoms with Gasteiger partial charge < -0.3 is 16.2 Å². The van der Waals surface area contributed by atoms with Gasteiger partial charge in [0, 0.05) is 5.02 Å². The fraction of sp³-hybridized carbons (Fsp3) is 0.300. The van der Waals surface area contributed by atoms with Gasteiger partial charge in [0.1, 0.15) is 11.9 Å². The van der Waals surface area contributed by atoms with Crippen molar-refractivity contribution in [2.75, 3.05) is 6.54 Å². The summed E-state index contributed by atoms with van der Waals surface area (Å²) in [5.41, 5.74) is 10.4. The van der Waals surface area contributed by atoms with Crippen molar-refractivity contribution >= 4 is 41.5 Å². The number of nitrogens with zero attached hydrogens (tertiary/aromatic N) is 1. The molecule has 1 atom stereocenters. The van der Waals surface area contributed by atoms with E-state index in [1.807, 2.05) is 19.1 Å². The molecule has 90 valence electrons. The second-order valence-corrected chi connectivity index (χ2v) is 3.59. The van der Waals surface area contributed by atoms with Gasteiger partial charge in [-0.25, -0.2) is 4.99 Å². The van der Waals surface area contributed by atoms with E-state index in [-0.39, 0.29) is 36.0 Å². The highest BCUT2D eigenvalue weighted by Crippen LogP contribution is 2.18. The predicted molar refractivity (Wildman–Crippen MR) is 77.6 cm³/mol. The van der Waals surface area contributed by atoms with Gasteiger partial charge in [-0.1, -0.05) is 17.7 Å². The third kappa shape index (κ3) is 6.02. The van der Waals surface area contributed by atoms with Gasteiger partial charge in [-0.15, -0.1) is 24.0 Å². The Morgan fingerprint density at radius 2 is 2.19 bits per heavy atom. The summed E-state index contributed by atoms with van der Waals surface area (Å²) in [6.45, 7) is 2.31. The first-order chi connectivity index (χ1) is 7.08. The molecule has 0 aliphatic heterocycles. The molecular weight excluding hydrogens is 340 g/mol. The van der Waals surface area contributed by atoms with Crippen molar-refractivity contribution in [3.05, 3.63) is 29.3 Å². The quantitative estimate of drug-likeness (QED) is 0.493. The molecular formula is C10H15ClIN3O. The van der Waals surface area contributed by atoms with Crippen molar-refractivity contribution in [1.82, 2.24) is 0 Å². The third-order valence-electron chi connectivity index (χ3n) is 1.66. The maximum absolute atomic E-state index is 5.81. The fourth-order valence-electron chi connectivity index (χ4n) is 1.04. The van der Waals surface area contributed by atoms with Crippen LogP contribution in [0.3, 0.4) is 0 Å². The van der Waals surface area contributed by atoms with Gasteiger partial charge in [0.15, 0.2) is 5.96 Å². The molecule has 1 aromatic carbocycles. The predicted octanol–water partition coefficient (Wildman–Crippen LogP) is 2.00. The number of benzene rings is 1. The minimum absolute atomic E-state index is 0. The van der Waals surface area contributed by atoms with Crippen LogP contribution in [-0.2, 0) is 0 Å². The lowest BCUT2D eigenvalue weighted by molar-refractivity contribution is 0.230. The van der Waals surface area contributed by atoms with Gasteiger partial charge >= 0.3 is 0 Å². The summed E-state index contributed by atoms with van der Waals surface area (Å²) in [5.74, 6) is 0.775. The van der Waals surface area contributed by atoms with Crippen LogP contribution in [-0.4, -0.2) is 18.6 Å². The molecule has 4 N–H and O–H groups in total. The fourth-order valence-corrected chi connectivity index (χ4v) is 1.22. The van der Waals surface area contributed by atoms with Crippen LogP contribution >= 0.6 is 35.6 Å². The molecule has 1 rings (SSSR count). The lowest BCUT2D eigenvalue weighted by atomic mass is 10.3. The molecule has 0 saturated carbocycles. The van der Waals surface area contributed by atoms with Gasteiger partial charge in [0.05, 0.1) is 6.54 Å². The van der Waals surface area contributed by atoms with Gasteiger partial charge in [0.25, 0.3) is 0 Å². The summed E-state index contributed by atoms with van der Waals surface area (Å²) >= 11 is 5.81. The van der Waals surface area contributed by atoms with E-state index in [9.17, 15) is 0 Å². The summed E-state index contributed by atoms with van der Waals surface area (Å²) in [4.78, 5) is 3.86. The highest BCUT2D eigenvalue weighted by Gasteiger charge is 2.03. The first-order valence-corrected chi connectivity index (χ1v) is 4.93. The van der Waals surface area contributed by atoms with Crippen molar-refractivity contribution in [1.29, 1.82) is 0 Å². The SMILES string of the molecule is CC(CN=C(N)N)Oc1cccc(Cl)c1.I. The number of rotatable bonds is 4. The topological polar surface area (TPSA) is 73.6 Å². The Kier molecular flexibility index (Phi) is 7.24. The summed E-state index contributed by atoms with van der Waals surface area (Å²) in [7, 11) is 0. The van der Waals surface area contributed by atoms with Crippen molar-refractivity contribution in [2.24, 2.45) is 16.5 Å². The van der Waals surface area contributed by atoms with Crippen LogP contribution in [0.5, 0.6) is 5.75 Å².